The molecule has 3 aromatic rings. The Labute approximate surface area is 181 Å². The molecule has 152 valence electrons. The second-order valence-electron chi connectivity index (χ2n) is 7.08. The van der Waals surface area contributed by atoms with E-state index in [4.69, 9.17) is 16.0 Å². The number of rotatable bonds is 3. The standard InChI is InChI=1S/C23H14ClN3O4/c1-12-18(23(30)27(26-12)15-5-3-14(24)4-6-15)11-16-7-9-20(31-16)13-2-8-17-19(10-13)22(29)25-21(17)28/h2-11H,1H3,(H,25,28,29)/b18-11+. The Hall–Kier alpha value is -3.97. The molecule has 8 heteroatoms. The van der Waals surface area contributed by atoms with Gasteiger partial charge in [0, 0.05) is 10.6 Å². The molecule has 0 spiro atoms. The molecule has 0 radical (unpaired) electrons. The van der Waals surface area contributed by atoms with E-state index in [1.54, 1.807) is 67.6 Å². The van der Waals surface area contributed by atoms with Gasteiger partial charge in [0.15, 0.2) is 0 Å². The highest BCUT2D eigenvalue weighted by atomic mass is 35.5. The number of benzene rings is 2. The molecule has 1 N–H and O–H groups in total. The number of anilines is 1. The number of nitrogens with zero attached hydrogens (tertiary/aromatic N) is 2. The van der Waals surface area contributed by atoms with Gasteiger partial charge in [-0.2, -0.15) is 10.1 Å². The second kappa shape index (κ2) is 7.07. The van der Waals surface area contributed by atoms with Crippen molar-refractivity contribution >= 4 is 46.8 Å². The molecule has 3 amide bonds. The van der Waals surface area contributed by atoms with Gasteiger partial charge in [0.2, 0.25) is 0 Å². The average Bonchev–Trinajstić information content (AvgIpc) is 3.42. The van der Waals surface area contributed by atoms with Crippen molar-refractivity contribution in [2.45, 2.75) is 6.92 Å². The van der Waals surface area contributed by atoms with Crippen molar-refractivity contribution in [3.63, 3.8) is 0 Å². The number of hydrazone groups is 1. The van der Waals surface area contributed by atoms with Crippen LogP contribution in [-0.4, -0.2) is 23.4 Å². The zero-order chi connectivity index (χ0) is 21.7. The van der Waals surface area contributed by atoms with Crippen LogP contribution in [0, 0.1) is 0 Å². The second-order valence-corrected chi connectivity index (χ2v) is 7.52. The number of hydrogen-bond acceptors (Lipinski definition) is 5. The van der Waals surface area contributed by atoms with Crippen LogP contribution >= 0.6 is 11.6 Å². The summed E-state index contributed by atoms with van der Waals surface area (Å²) in [6.07, 6.45) is 1.63. The zero-order valence-electron chi connectivity index (χ0n) is 16.2. The molecule has 0 saturated carbocycles. The summed E-state index contributed by atoms with van der Waals surface area (Å²) < 4.78 is 5.87. The van der Waals surface area contributed by atoms with Crippen LogP contribution in [-0.2, 0) is 4.79 Å². The maximum Gasteiger partial charge on any atom is 0.280 e. The van der Waals surface area contributed by atoms with Crippen molar-refractivity contribution in [2.24, 2.45) is 5.10 Å². The first-order valence-corrected chi connectivity index (χ1v) is 9.76. The highest BCUT2D eigenvalue weighted by Gasteiger charge is 2.29. The molecule has 31 heavy (non-hydrogen) atoms. The van der Waals surface area contributed by atoms with Crippen LogP contribution in [0.4, 0.5) is 5.69 Å². The first kappa shape index (κ1) is 19.0. The van der Waals surface area contributed by atoms with E-state index in [1.165, 1.54) is 5.01 Å². The van der Waals surface area contributed by atoms with Gasteiger partial charge in [-0.05, 0) is 61.5 Å². The number of imide groups is 1. The van der Waals surface area contributed by atoms with Gasteiger partial charge >= 0.3 is 0 Å². The van der Waals surface area contributed by atoms with Gasteiger partial charge < -0.3 is 4.42 Å². The lowest BCUT2D eigenvalue weighted by molar-refractivity contribution is -0.114. The highest BCUT2D eigenvalue weighted by Crippen LogP contribution is 2.29. The molecule has 0 saturated heterocycles. The summed E-state index contributed by atoms with van der Waals surface area (Å²) in [4.78, 5) is 36.5. The van der Waals surface area contributed by atoms with Gasteiger partial charge in [-0.15, -0.1) is 0 Å². The Bertz CT molecular complexity index is 1340. The molecule has 2 aliphatic heterocycles. The number of hydrogen-bond donors (Lipinski definition) is 1. The number of carbonyl (C=O) groups excluding carboxylic acids is 3. The zero-order valence-corrected chi connectivity index (χ0v) is 16.9. The Morgan fingerprint density at radius 2 is 1.71 bits per heavy atom. The minimum absolute atomic E-state index is 0.273. The number of fused-ring (bicyclic) bond motifs is 1. The van der Waals surface area contributed by atoms with Crippen LogP contribution in [0.25, 0.3) is 17.4 Å². The molecular weight excluding hydrogens is 418 g/mol. The van der Waals surface area contributed by atoms with E-state index in [9.17, 15) is 14.4 Å². The lowest BCUT2D eigenvalue weighted by Gasteiger charge is -2.11. The van der Waals surface area contributed by atoms with Gasteiger partial charge in [-0.25, -0.2) is 0 Å². The average molecular weight is 432 g/mol. The summed E-state index contributed by atoms with van der Waals surface area (Å²) in [5.74, 6) is -0.133. The number of furan rings is 1. The summed E-state index contributed by atoms with van der Waals surface area (Å²) in [5, 5.41) is 8.49. The minimum atomic E-state index is -0.429. The molecule has 0 atom stereocenters. The number of nitrogens with one attached hydrogen (secondary N) is 1. The van der Waals surface area contributed by atoms with Crippen LogP contribution in [0.2, 0.25) is 5.02 Å². The van der Waals surface area contributed by atoms with E-state index >= 15 is 0 Å². The molecule has 1 aromatic heterocycles. The summed E-state index contributed by atoms with van der Waals surface area (Å²) in [6.45, 7) is 1.75. The summed E-state index contributed by atoms with van der Waals surface area (Å²) in [7, 11) is 0. The van der Waals surface area contributed by atoms with Crippen molar-refractivity contribution < 1.29 is 18.8 Å². The van der Waals surface area contributed by atoms with Crippen LogP contribution in [0.3, 0.4) is 0 Å². The SMILES string of the molecule is CC1=NN(c2ccc(Cl)cc2)C(=O)/C1=C/c1ccc(-c2ccc3c(c2)C(=O)NC3=O)o1. The fourth-order valence-electron chi connectivity index (χ4n) is 3.49. The van der Waals surface area contributed by atoms with E-state index in [2.05, 4.69) is 10.4 Å². The lowest BCUT2D eigenvalue weighted by Crippen LogP contribution is -2.21. The third-order valence-electron chi connectivity index (χ3n) is 5.07. The maximum atomic E-state index is 12.9. The van der Waals surface area contributed by atoms with Gasteiger partial charge in [0.25, 0.3) is 17.7 Å². The molecular formula is C23H14ClN3O4. The smallest absolute Gasteiger partial charge is 0.280 e. The van der Waals surface area contributed by atoms with Crippen LogP contribution < -0.4 is 10.3 Å². The van der Waals surface area contributed by atoms with Crippen LogP contribution in [0.15, 0.2) is 69.7 Å². The topological polar surface area (TPSA) is 92.0 Å². The van der Waals surface area contributed by atoms with E-state index in [1.807, 2.05) is 0 Å². The predicted molar refractivity (Wildman–Crippen MR) is 116 cm³/mol. The predicted octanol–water partition coefficient (Wildman–Crippen LogP) is 4.29. The monoisotopic (exact) mass is 431 g/mol. The van der Waals surface area contributed by atoms with Crippen molar-refractivity contribution in [1.82, 2.24) is 5.32 Å². The van der Waals surface area contributed by atoms with E-state index in [-0.39, 0.29) is 5.91 Å². The normalized spacial score (nSPS) is 16.7. The molecule has 2 aromatic carbocycles. The molecule has 3 heterocycles. The molecule has 2 aliphatic rings. The highest BCUT2D eigenvalue weighted by molar-refractivity contribution is 6.32. The minimum Gasteiger partial charge on any atom is -0.457 e. The van der Waals surface area contributed by atoms with Gasteiger partial charge in [-0.1, -0.05) is 17.7 Å². The van der Waals surface area contributed by atoms with Crippen molar-refractivity contribution in [3.8, 4) is 11.3 Å². The maximum absolute atomic E-state index is 12.9. The molecule has 0 unspecified atom stereocenters. The van der Waals surface area contributed by atoms with Crippen LogP contribution in [0.1, 0.15) is 33.4 Å². The molecule has 5 rings (SSSR count). The van der Waals surface area contributed by atoms with Crippen molar-refractivity contribution in [3.05, 3.63) is 82.1 Å². The first-order valence-electron chi connectivity index (χ1n) is 9.38. The van der Waals surface area contributed by atoms with Gasteiger partial charge in [-0.3, -0.25) is 19.7 Å². The van der Waals surface area contributed by atoms with Gasteiger partial charge in [0.05, 0.1) is 28.1 Å². The summed E-state index contributed by atoms with van der Waals surface area (Å²) >= 11 is 5.92. The quantitative estimate of drug-likeness (QED) is 0.494. The third-order valence-corrected chi connectivity index (χ3v) is 5.32. The largest absolute Gasteiger partial charge is 0.457 e. The molecule has 0 bridgehead atoms. The van der Waals surface area contributed by atoms with E-state index < -0.39 is 11.8 Å². The summed E-state index contributed by atoms with van der Waals surface area (Å²) in [6, 6.07) is 15.2. The van der Waals surface area contributed by atoms with Gasteiger partial charge in [0.1, 0.15) is 11.5 Å². The summed E-state index contributed by atoms with van der Waals surface area (Å²) in [5.41, 5.74) is 2.89. The Morgan fingerprint density at radius 1 is 0.968 bits per heavy atom. The fraction of sp³-hybridized carbons (Fsp3) is 0.0435. The molecule has 7 nitrogen and oxygen atoms in total. The van der Waals surface area contributed by atoms with E-state index in [0.717, 1.165) is 0 Å². The third kappa shape index (κ3) is 3.25. The van der Waals surface area contributed by atoms with E-state index in [0.29, 0.717) is 50.2 Å². The Morgan fingerprint density at radius 3 is 2.48 bits per heavy atom. The number of carbonyl (C=O) groups is 3. The fourth-order valence-corrected chi connectivity index (χ4v) is 3.62. The van der Waals surface area contributed by atoms with Crippen molar-refractivity contribution in [2.75, 3.05) is 5.01 Å². The lowest BCUT2D eigenvalue weighted by atomic mass is 10.0. The number of amides is 3. The Kier molecular flexibility index (Phi) is 4.34. The van der Waals surface area contributed by atoms with Crippen LogP contribution in [0.5, 0.6) is 0 Å². The Balaban J connectivity index is 1.43. The molecule has 0 aliphatic carbocycles. The first-order chi connectivity index (χ1) is 14.9. The number of halogens is 1. The van der Waals surface area contributed by atoms with Crippen molar-refractivity contribution in [1.29, 1.82) is 0 Å². The molecule has 0 fully saturated rings.